The van der Waals surface area contributed by atoms with Crippen LogP contribution in [0.1, 0.15) is 34.2 Å². The molecule has 0 heterocycles. The minimum Gasteiger partial charge on any atom is -0.320 e. The summed E-state index contributed by atoms with van der Waals surface area (Å²) in [6.45, 7) is 0. The van der Waals surface area contributed by atoms with Gasteiger partial charge in [0.15, 0.2) is 0 Å². The van der Waals surface area contributed by atoms with E-state index >= 15 is 0 Å². The lowest BCUT2D eigenvalue weighted by Gasteiger charge is -2.23. The molecule has 0 bridgehead atoms. The fourth-order valence-electron chi connectivity index (χ4n) is 3.51. The Morgan fingerprint density at radius 3 is 1.74 bits per heavy atom. The van der Waals surface area contributed by atoms with Gasteiger partial charge >= 0.3 is 0 Å². The molecular weight excluding hydrogens is 278 g/mol. The number of benzene rings is 3. The van der Waals surface area contributed by atoms with Crippen molar-refractivity contribution >= 4 is 6.08 Å². The largest absolute Gasteiger partial charge is 0.320 e. The Hall–Kier alpha value is -2.64. The van der Waals surface area contributed by atoms with Crippen LogP contribution in [0.2, 0.25) is 0 Å². The van der Waals surface area contributed by atoms with Crippen molar-refractivity contribution in [2.45, 2.75) is 12.0 Å². The number of hydrogen-bond donors (Lipinski definition) is 1. The van der Waals surface area contributed by atoms with E-state index in [-0.39, 0.29) is 12.0 Å². The molecule has 1 aliphatic carbocycles. The molecule has 23 heavy (non-hydrogen) atoms. The fourth-order valence-corrected chi connectivity index (χ4v) is 3.51. The highest BCUT2D eigenvalue weighted by Crippen LogP contribution is 2.43. The molecule has 0 amide bonds. The predicted octanol–water partition coefficient (Wildman–Crippen LogP) is 4.92. The first-order chi connectivity index (χ1) is 11.3. The van der Waals surface area contributed by atoms with Crippen molar-refractivity contribution in [1.82, 2.24) is 0 Å². The maximum Gasteiger partial charge on any atom is 0.0529 e. The number of hydrogen-bond acceptors (Lipinski definition) is 1. The molecule has 3 aromatic carbocycles. The van der Waals surface area contributed by atoms with Crippen molar-refractivity contribution in [2.24, 2.45) is 5.73 Å². The van der Waals surface area contributed by atoms with Crippen LogP contribution in [0.3, 0.4) is 0 Å². The summed E-state index contributed by atoms with van der Waals surface area (Å²) in [5.74, 6) is 0.194. The molecule has 0 saturated heterocycles. The highest BCUT2D eigenvalue weighted by Gasteiger charge is 2.29. The minimum absolute atomic E-state index is 0.0448. The molecule has 3 aromatic rings. The first-order valence-corrected chi connectivity index (χ1v) is 8.00. The van der Waals surface area contributed by atoms with Gasteiger partial charge in [-0.2, -0.15) is 0 Å². The summed E-state index contributed by atoms with van der Waals surface area (Å²) >= 11 is 0. The molecule has 0 aromatic heterocycles. The second-order valence-corrected chi connectivity index (χ2v) is 6.01. The third-order valence-electron chi connectivity index (χ3n) is 4.61. The lowest BCUT2D eigenvalue weighted by Crippen LogP contribution is -2.16. The van der Waals surface area contributed by atoms with Gasteiger partial charge < -0.3 is 5.73 Å². The number of nitrogens with two attached hydrogens (primary N) is 1. The number of rotatable bonds is 3. The van der Waals surface area contributed by atoms with Gasteiger partial charge in [-0.05, 0) is 27.8 Å². The summed E-state index contributed by atoms with van der Waals surface area (Å²) in [6, 6.07) is 29.6. The van der Waals surface area contributed by atoms with E-state index in [9.17, 15) is 0 Å². The zero-order valence-electron chi connectivity index (χ0n) is 12.9. The fraction of sp³-hybridized carbons (Fsp3) is 0.0909. The van der Waals surface area contributed by atoms with Gasteiger partial charge in [0.25, 0.3) is 0 Å². The van der Waals surface area contributed by atoms with E-state index in [0.29, 0.717) is 0 Å². The van der Waals surface area contributed by atoms with Crippen LogP contribution in [0, 0.1) is 0 Å². The van der Waals surface area contributed by atoms with Gasteiger partial charge in [-0.3, -0.25) is 0 Å². The summed E-state index contributed by atoms with van der Waals surface area (Å²) in [4.78, 5) is 0. The smallest absolute Gasteiger partial charge is 0.0529 e. The van der Waals surface area contributed by atoms with Crippen LogP contribution in [0.15, 0.2) is 90.5 Å². The molecule has 112 valence electrons. The molecule has 0 fully saturated rings. The molecule has 1 aliphatic rings. The molecule has 0 radical (unpaired) electrons. The average Bonchev–Trinajstić information content (AvgIpc) is 2.94. The van der Waals surface area contributed by atoms with Crippen LogP contribution < -0.4 is 5.73 Å². The third kappa shape index (κ3) is 2.49. The molecule has 0 aliphatic heterocycles. The summed E-state index contributed by atoms with van der Waals surface area (Å²) in [7, 11) is 0. The van der Waals surface area contributed by atoms with Crippen molar-refractivity contribution in [1.29, 1.82) is 0 Å². The Labute approximate surface area is 137 Å². The average molecular weight is 297 g/mol. The molecule has 1 atom stereocenters. The van der Waals surface area contributed by atoms with Crippen molar-refractivity contribution in [2.75, 3.05) is 0 Å². The van der Waals surface area contributed by atoms with Gasteiger partial charge in [0.05, 0.1) is 6.04 Å². The van der Waals surface area contributed by atoms with E-state index in [4.69, 9.17) is 5.73 Å². The van der Waals surface area contributed by atoms with Gasteiger partial charge in [0, 0.05) is 5.92 Å². The van der Waals surface area contributed by atoms with Gasteiger partial charge in [-0.15, -0.1) is 0 Å². The topological polar surface area (TPSA) is 26.0 Å². The van der Waals surface area contributed by atoms with Crippen LogP contribution >= 0.6 is 0 Å². The van der Waals surface area contributed by atoms with Crippen molar-refractivity contribution < 1.29 is 0 Å². The number of fused-ring (bicyclic) bond motifs is 1. The first kappa shape index (κ1) is 14.0. The van der Waals surface area contributed by atoms with Crippen LogP contribution in [-0.4, -0.2) is 0 Å². The zero-order valence-corrected chi connectivity index (χ0v) is 12.9. The van der Waals surface area contributed by atoms with Gasteiger partial charge in [-0.25, -0.2) is 0 Å². The van der Waals surface area contributed by atoms with Crippen molar-refractivity contribution in [3.8, 4) is 0 Å². The maximum atomic E-state index is 6.60. The van der Waals surface area contributed by atoms with E-state index in [1.54, 1.807) is 0 Å². The van der Waals surface area contributed by atoms with Crippen molar-refractivity contribution in [3.63, 3.8) is 0 Å². The van der Waals surface area contributed by atoms with Crippen LogP contribution in [0.4, 0.5) is 0 Å². The SMILES string of the molecule is NC1C(C(c2ccccc2)c2ccccc2)=Cc2ccccc21. The van der Waals surface area contributed by atoms with E-state index in [0.717, 1.165) is 0 Å². The normalized spacial score (nSPS) is 16.3. The van der Waals surface area contributed by atoms with Gasteiger partial charge in [0.2, 0.25) is 0 Å². The van der Waals surface area contributed by atoms with E-state index < -0.39 is 0 Å². The molecule has 1 nitrogen and oxygen atoms in total. The van der Waals surface area contributed by atoms with E-state index in [1.165, 1.54) is 27.8 Å². The standard InChI is InChI=1S/C22H19N/c23-22-19-14-8-7-13-18(19)15-20(22)21(16-9-3-1-4-10-16)17-11-5-2-6-12-17/h1-15,21-22H,23H2. The quantitative estimate of drug-likeness (QED) is 0.730. The Bertz CT molecular complexity index is 795. The predicted molar refractivity (Wildman–Crippen MR) is 96.1 cm³/mol. The summed E-state index contributed by atoms with van der Waals surface area (Å²) < 4.78 is 0. The molecule has 1 unspecified atom stereocenters. The second-order valence-electron chi connectivity index (χ2n) is 6.01. The Morgan fingerprint density at radius 1 is 0.652 bits per heavy atom. The van der Waals surface area contributed by atoms with Crippen LogP contribution in [0.25, 0.3) is 6.08 Å². The highest BCUT2D eigenvalue weighted by atomic mass is 14.7. The second kappa shape index (κ2) is 5.86. The summed E-state index contributed by atoms with van der Waals surface area (Å²) in [6.07, 6.45) is 2.27. The van der Waals surface area contributed by atoms with E-state index in [2.05, 4.69) is 91.0 Å². The lowest BCUT2D eigenvalue weighted by atomic mass is 9.82. The zero-order chi connectivity index (χ0) is 15.6. The Kier molecular flexibility index (Phi) is 3.57. The molecular formula is C22H19N. The lowest BCUT2D eigenvalue weighted by molar-refractivity contribution is 0.781. The summed E-state index contributed by atoms with van der Waals surface area (Å²) in [5.41, 5.74) is 12.9. The molecule has 4 rings (SSSR count). The van der Waals surface area contributed by atoms with E-state index in [1.807, 2.05) is 0 Å². The van der Waals surface area contributed by atoms with Crippen molar-refractivity contribution in [3.05, 3.63) is 113 Å². The maximum absolute atomic E-state index is 6.60. The van der Waals surface area contributed by atoms with Crippen LogP contribution in [0.5, 0.6) is 0 Å². The molecule has 2 N–H and O–H groups in total. The van der Waals surface area contributed by atoms with Gasteiger partial charge in [0.1, 0.15) is 0 Å². The molecule has 0 saturated carbocycles. The Morgan fingerprint density at radius 2 is 1.17 bits per heavy atom. The molecule has 1 heteroatoms. The first-order valence-electron chi connectivity index (χ1n) is 8.00. The monoisotopic (exact) mass is 297 g/mol. The minimum atomic E-state index is -0.0448. The molecule has 0 spiro atoms. The van der Waals surface area contributed by atoms with Gasteiger partial charge in [-0.1, -0.05) is 91.0 Å². The Balaban J connectivity index is 1.85. The van der Waals surface area contributed by atoms with Crippen LogP contribution in [-0.2, 0) is 0 Å². The third-order valence-corrected chi connectivity index (χ3v) is 4.61. The summed E-state index contributed by atoms with van der Waals surface area (Å²) in [5, 5.41) is 0. The highest BCUT2D eigenvalue weighted by molar-refractivity contribution is 5.69.